The highest BCUT2D eigenvalue weighted by atomic mass is 79.9. The molecule has 5 heteroatoms. The molecule has 17 heavy (non-hydrogen) atoms. The molecule has 1 heterocycles. The molecule has 0 aliphatic carbocycles. The van der Waals surface area contributed by atoms with Crippen LogP contribution in [0.25, 0.3) is 0 Å². The van der Waals surface area contributed by atoms with Crippen molar-refractivity contribution in [2.45, 2.75) is 6.42 Å². The first kappa shape index (κ1) is 12.0. The molecule has 1 aliphatic rings. The molecule has 1 aliphatic heterocycles. The molecule has 2 rings (SSSR count). The SMILES string of the molecule is CN1C(=O)Cc2ccc(C(=O)CBr)cc2C1=O. The Balaban J connectivity index is 2.49. The van der Waals surface area contributed by atoms with Crippen LogP contribution in [0.2, 0.25) is 0 Å². The van der Waals surface area contributed by atoms with Crippen LogP contribution in [0.4, 0.5) is 0 Å². The highest BCUT2D eigenvalue weighted by molar-refractivity contribution is 9.09. The monoisotopic (exact) mass is 295 g/mol. The van der Waals surface area contributed by atoms with Crippen molar-refractivity contribution < 1.29 is 14.4 Å². The summed E-state index contributed by atoms with van der Waals surface area (Å²) < 4.78 is 0. The maximum absolute atomic E-state index is 11.9. The van der Waals surface area contributed by atoms with Crippen LogP contribution in [-0.2, 0) is 11.2 Å². The Hall–Kier alpha value is -1.49. The molecule has 0 N–H and O–H groups in total. The normalized spacial score (nSPS) is 14.8. The highest BCUT2D eigenvalue weighted by Gasteiger charge is 2.28. The van der Waals surface area contributed by atoms with Crippen molar-refractivity contribution in [2.75, 3.05) is 12.4 Å². The number of benzene rings is 1. The first-order valence-electron chi connectivity index (χ1n) is 5.07. The summed E-state index contributed by atoms with van der Waals surface area (Å²) in [7, 11) is 1.45. The molecule has 4 nitrogen and oxygen atoms in total. The van der Waals surface area contributed by atoms with Gasteiger partial charge in [-0.1, -0.05) is 28.1 Å². The number of Topliss-reactive ketones (excluding diaryl/α,β-unsaturated/α-hetero) is 1. The number of imide groups is 1. The predicted molar refractivity (Wildman–Crippen MR) is 65.4 cm³/mol. The number of halogens is 1. The van der Waals surface area contributed by atoms with Gasteiger partial charge in [-0.2, -0.15) is 0 Å². The maximum Gasteiger partial charge on any atom is 0.260 e. The van der Waals surface area contributed by atoms with E-state index in [1.807, 2.05) is 0 Å². The summed E-state index contributed by atoms with van der Waals surface area (Å²) in [5, 5.41) is 0.217. The molecule has 0 saturated carbocycles. The number of hydrogen-bond donors (Lipinski definition) is 0. The molecule has 0 aromatic heterocycles. The lowest BCUT2D eigenvalue weighted by Gasteiger charge is -2.23. The van der Waals surface area contributed by atoms with Crippen molar-refractivity contribution >= 4 is 33.5 Å². The van der Waals surface area contributed by atoms with Crippen LogP contribution in [0, 0.1) is 0 Å². The van der Waals surface area contributed by atoms with Crippen LogP contribution >= 0.6 is 15.9 Å². The fourth-order valence-electron chi connectivity index (χ4n) is 1.76. The average molecular weight is 296 g/mol. The van der Waals surface area contributed by atoms with Gasteiger partial charge in [-0.05, 0) is 11.6 Å². The van der Waals surface area contributed by atoms with Gasteiger partial charge in [0.05, 0.1) is 11.8 Å². The summed E-state index contributed by atoms with van der Waals surface area (Å²) in [6.07, 6.45) is 0.209. The number of amides is 2. The van der Waals surface area contributed by atoms with Gasteiger partial charge in [0.15, 0.2) is 5.78 Å². The van der Waals surface area contributed by atoms with Gasteiger partial charge in [-0.15, -0.1) is 0 Å². The van der Waals surface area contributed by atoms with Crippen LogP contribution in [-0.4, -0.2) is 34.9 Å². The van der Waals surface area contributed by atoms with E-state index in [1.165, 1.54) is 7.05 Å². The van der Waals surface area contributed by atoms with Crippen LogP contribution in [0.5, 0.6) is 0 Å². The zero-order chi connectivity index (χ0) is 12.6. The Morgan fingerprint density at radius 2 is 2.12 bits per heavy atom. The van der Waals surface area contributed by atoms with Gasteiger partial charge in [-0.3, -0.25) is 19.3 Å². The molecule has 0 saturated heterocycles. The predicted octanol–water partition coefficient (Wildman–Crippen LogP) is 1.42. The van der Waals surface area contributed by atoms with Gasteiger partial charge in [-0.25, -0.2) is 0 Å². The Bertz CT molecular complexity index is 524. The summed E-state index contributed by atoms with van der Waals surface area (Å²) in [5.41, 5.74) is 1.61. The Morgan fingerprint density at radius 1 is 1.41 bits per heavy atom. The third-order valence-electron chi connectivity index (χ3n) is 2.80. The second kappa shape index (κ2) is 4.41. The van der Waals surface area contributed by atoms with E-state index in [0.29, 0.717) is 16.7 Å². The first-order chi connectivity index (χ1) is 8.04. The number of carbonyl (C=O) groups is 3. The summed E-state index contributed by atoms with van der Waals surface area (Å²) in [4.78, 5) is 35.9. The number of fused-ring (bicyclic) bond motifs is 1. The summed E-state index contributed by atoms with van der Waals surface area (Å²) in [6.45, 7) is 0. The van der Waals surface area contributed by atoms with E-state index < -0.39 is 0 Å². The van der Waals surface area contributed by atoms with Crippen molar-refractivity contribution in [3.8, 4) is 0 Å². The molecule has 2 amide bonds. The molecular formula is C12H10BrNO3. The van der Waals surface area contributed by atoms with Gasteiger partial charge in [0, 0.05) is 18.2 Å². The third kappa shape index (κ3) is 2.02. The zero-order valence-corrected chi connectivity index (χ0v) is 10.8. The lowest BCUT2D eigenvalue weighted by Crippen LogP contribution is -2.39. The maximum atomic E-state index is 11.9. The van der Waals surface area contributed by atoms with E-state index in [0.717, 1.165) is 4.90 Å². The number of ketones is 1. The van der Waals surface area contributed by atoms with Crippen LogP contribution in [0.15, 0.2) is 18.2 Å². The van der Waals surface area contributed by atoms with E-state index in [2.05, 4.69) is 15.9 Å². The molecule has 1 aromatic carbocycles. The van der Waals surface area contributed by atoms with E-state index in [-0.39, 0.29) is 29.3 Å². The molecule has 0 radical (unpaired) electrons. The zero-order valence-electron chi connectivity index (χ0n) is 9.20. The largest absolute Gasteiger partial charge is 0.293 e. The minimum Gasteiger partial charge on any atom is -0.293 e. The number of rotatable bonds is 2. The molecule has 0 atom stereocenters. The lowest BCUT2D eigenvalue weighted by molar-refractivity contribution is -0.127. The Labute approximate surface area is 107 Å². The van der Waals surface area contributed by atoms with Crippen LogP contribution < -0.4 is 0 Å². The second-order valence-corrected chi connectivity index (χ2v) is 4.42. The Kier molecular flexibility index (Phi) is 3.11. The van der Waals surface area contributed by atoms with Crippen LogP contribution in [0.3, 0.4) is 0 Å². The van der Waals surface area contributed by atoms with E-state index in [1.54, 1.807) is 18.2 Å². The lowest BCUT2D eigenvalue weighted by atomic mass is 9.95. The van der Waals surface area contributed by atoms with Crippen molar-refractivity contribution in [3.05, 3.63) is 34.9 Å². The van der Waals surface area contributed by atoms with E-state index in [9.17, 15) is 14.4 Å². The molecular weight excluding hydrogens is 286 g/mol. The number of nitrogens with zero attached hydrogens (tertiary/aromatic N) is 1. The standard InChI is InChI=1S/C12H10BrNO3/c1-14-11(16)5-7-2-3-8(10(15)6-13)4-9(7)12(14)17/h2-4H,5-6H2,1H3. The van der Waals surface area contributed by atoms with Gasteiger partial charge in [0.1, 0.15) is 0 Å². The van der Waals surface area contributed by atoms with E-state index in [4.69, 9.17) is 0 Å². The molecule has 0 fully saturated rings. The number of likely N-dealkylation sites (N-methyl/N-ethyl adjacent to an activating group) is 1. The number of alkyl halides is 1. The molecule has 0 spiro atoms. The van der Waals surface area contributed by atoms with Gasteiger partial charge >= 0.3 is 0 Å². The summed E-state index contributed by atoms with van der Waals surface area (Å²) in [5.74, 6) is -0.650. The summed E-state index contributed by atoms with van der Waals surface area (Å²) in [6, 6.07) is 4.88. The van der Waals surface area contributed by atoms with Crippen molar-refractivity contribution in [3.63, 3.8) is 0 Å². The number of hydrogen-bond acceptors (Lipinski definition) is 3. The molecule has 0 bridgehead atoms. The third-order valence-corrected chi connectivity index (χ3v) is 3.31. The molecule has 0 unspecified atom stereocenters. The summed E-state index contributed by atoms with van der Waals surface area (Å²) >= 11 is 3.09. The van der Waals surface area contributed by atoms with Gasteiger partial charge in [0.25, 0.3) is 5.91 Å². The fourth-order valence-corrected chi connectivity index (χ4v) is 2.08. The molecule has 88 valence electrons. The fraction of sp³-hybridized carbons (Fsp3) is 0.250. The highest BCUT2D eigenvalue weighted by Crippen LogP contribution is 2.20. The quantitative estimate of drug-likeness (QED) is 0.471. The smallest absolute Gasteiger partial charge is 0.260 e. The first-order valence-corrected chi connectivity index (χ1v) is 6.19. The van der Waals surface area contributed by atoms with Crippen molar-refractivity contribution in [2.24, 2.45) is 0 Å². The Morgan fingerprint density at radius 3 is 2.76 bits per heavy atom. The topological polar surface area (TPSA) is 54.5 Å². The average Bonchev–Trinajstić information content (AvgIpc) is 2.35. The van der Waals surface area contributed by atoms with Crippen molar-refractivity contribution in [1.82, 2.24) is 4.90 Å². The minimum atomic E-state index is -0.347. The minimum absolute atomic E-state index is 0.0832. The second-order valence-electron chi connectivity index (χ2n) is 3.86. The molecule has 1 aromatic rings. The van der Waals surface area contributed by atoms with Crippen molar-refractivity contribution in [1.29, 1.82) is 0 Å². The van der Waals surface area contributed by atoms with Gasteiger partial charge in [0.2, 0.25) is 5.91 Å². The number of carbonyl (C=O) groups excluding carboxylic acids is 3. The van der Waals surface area contributed by atoms with E-state index >= 15 is 0 Å². The van der Waals surface area contributed by atoms with Crippen LogP contribution in [0.1, 0.15) is 26.3 Å². The van der Waals surface area contributed by atoms with Gasteiger partial charge < -0.3 is 0 Å².